The van der Waals surface area contributed by atoms with Crippen molar-refractivity contribution < 1.29 is 4.74 Å². The van der Waals surface area contributed by atoms with Gasteiger partial charge in [-0.2, -0.15) is 5.26 Å². The van der Waals surface area contributed by atoms with E-state index in [0.29, 0.717) is 17.4 Å². The SMILES string of the molecule is CNc1cc(OC2CC2)c(C#N)cn1. The molecule has 0 spiro atoms. The zero-order valence-corrected chi connectivity index (χ0v) is 7.95. The summed E-state index contributed by atoms with van der Waals surface area (Å²) in [6.07, 6.45) is 4.00. The number of anilines is 1. The quantitative estimate of drug-likeness (QED) is 0.783. The summed E-state index contributed by atoms with van der Waals surface area (Å²) >= 11 is 0. The number of rotatable bonds is 3. The van der Waals surface area contributed by atoms with Gasteiger partial charge < -0.3 is 10.1 Å². The molecule has 0 atom stereocenters. The highest BCUT2D eigenvalue weighted by Gasteiger charge is 2.24. The zero-order valence-electron chi connectivity index (χ0n) is 7.95. The van der Waals surface area contributed by atoms with Crippen LogP contribution in [0.1, 0.15) is 18.4 Å². The fourth-order valence-corrected chi connectivity index (χ4v) is 1.12. The lowest BCUT2D eigenvalue weighted by Gasteiger charge is -2.07. The first-order chi connectivity index (χ1) is 6.83. The molecular weight excluding hydrogens is 178 g/mol. The number of nitrogens with zero attached hydrogens (tertiary/aromatic N) is 2. The molecule has 0 aromatic carbocycles. The molecule has 1 N–H and O–H groups in total. The Morgan fingerprint density at radius 2 is 2.43 bits per heavy atom. The minimum absolute atomic E-state index is 0.300. The van der Waals surface area contributed by atoms with Crippen LogP contribution in [-0.2, 0) is 0 Å². The van der Waals surface area contributed by atoms with Crippen LogP contribution in [0.25, 0.3) is 0 Å². The monoisotopic (exact) mass is 189 g/mol. The summed E-state index contributed by atoms with van der Waals surface area (Å²) in [7, 11) is 1.79. The van der Waals surface area contributed by atoms with E-state index in [1.807, 2.05) is 0 Å². The van der Waals surface area contributed by atoms with Crippen LogP contribution < -0.4 is 10.1 Å². The molecule has 0 aliphatic heterocycles. The lowest BCUT2D eigenvalue weighted by Crippen LogP contribution is -2.00. The Balaban J connectivity index is 2.27. The fraction of sp³-hybridized carbons (Fsp3) is 0.400. The molecule has 1 heterocycles. The van der Waals surface area contributed by atoms with Crippen LogP contribution in [0.4, 0.5) is 5.82 Å². The van der Waals surface area contributed by atoms with Gasteiger partial charge in [0.2, 0.25) is 0 Å². The summed E-state index contributed by atoms with van der Waals surface area (Å²) < 4.78 is 5.59. The first-order valence-corrected chi connectivity index (χ1v) is 4.58. The Morgan fingerprint density at radius 1 is 1.64 bits per heavy atom. The number of pyridine rings is 1. The third-order valence-electron chi connectivity index (χ3n) is 2.06. The number of nitriles is 1. The van der Waals surface area contributed by atoms with E-state index in [1.165, 1.54) is 6.20 Å². The number of hydrogen-bond acceptors (Lipinski definition) is 4. The predicted octanol–water partition coefficient (Wildman–Crippen LogP) is 1.54. The van der Waals surface area contributed by atoms with Gasteiger partial charge in [-0.05, 0) is 12.8 Å². The fourth-order valence-electron chi connectivity index (χ4n) is 1.12. The highest BCUT2D eigenvalue weighted by Crippen LogP contribution is 2.29. The number of ether oxygens (including phenoxy) is 1. The largest absolute Gasteiger partial charge is 0.489 e. The minimum atomic E-state index is 0.300. The van der Waals surface area contributed by atoms with Crippen molar-refractivity contribution in [1.82, 2.24) is 4.98 Å². The van der Waals surface area contributed by atoms with Crippen molar-refractivity contribution >= 4 is 5.82 Å². The maximum atomic E-state index is 8.82. The van der Waals surface area contributed by atoms with Crippen LogP contribution in [0.3, 0.4) is 0 Å². The zero-order chi connectivity index (χ0) is 9.97. The second kappa shape index (κ2) is 3.54. The molecule has 0 unspecified atom stereocenters. The summed E-state index contributed by atoms with van der Waals surface area (Å²) in [6.45, 7) is 0. The minimum Gasteiger partial charge on any atom is -0.489 e. The van der Waals surface area contributed by atoms with Gasteiger partial charge in [0, 0.05) is 13.1 Å². The molecule has 14 heavy (non-hydrogen) atoms. The smallest absolute Gasteiger partial charge is 0.142 e. The van der Waals surface area contributed by atoms with Crippen molar-refractivity contribution in [2.45, 2.75) is 18.9 Å². The Hall–Kier alpha value is -1.76. The van der Waals surface area contributed by atoms with Crippen LogP contribution in [-0.4, -0.2) is 18.1 Å². The van der Waals surface area contributed by atoms with Crippen molar-refractivity contribution in [1.29, 1.82) is 5.26 Å². The second-order valence-corrected chi connectivity index (χ2v) is 3.24. The van der Waals surface area contributed by atoms with Gasteiger partial charge in [-0.3, -0.25) is 0 Å². The van der Waals surface area contributed by atoms with Crippen molar-refractivity contribution in [3.8, 4) is 11.8 Å². The van der Waals surface area contributed by atoms with Crippen LogP contribution in [0, 0.1) is 11.3 Å². The molecule has 1 saturated carbocycles. The van der Waals surface area contributed by atoms with Crippen LogP contribution in [0.2, 0.25) is 0 Å². The molecule has 1 fully saturated rings. The number of nitrogens with one attached hydrogen (secondary N) is 1. The summed E-state index contributed by atoms with van der Waals surface area (Å²) in [5.41, 5.74) is 0.496. The molecule has 1 aliphatic carbocycles. The van der Waals surface area contributed by atoms with E-state index in [2.05, 4.69) is 16.4 Å². The van der Waals surface area contributed by atoms with Crippen LogP contribution in [0.5, 0.6) is 5.75 Å². The van der Waals surface area contributed by atoms with E-state index in [4.69, 9.17) is 10.00 Å². The van der Waals surface area contributed by atoms with Gasteiger partial charge >= 0.3 is 0 Å². The van der Waals surface area contributed by atoms with Crippen molar-refractivity contribution in [2.75, 3.05) is 12.4 Å². The molecule has 0 radical (unpaired) electrons. The maximum Gasteiger partial charge on any atom is 0.142 e. The molecule has 4 heteroatoms. The van der Waals surface area contributed by atoms with Crippen molar-refractivity contribution in [3.05, 3.63) is 17.8 Å². The van der Waals surface area contributed by atoms with Gasteiger partial charge in [-0.25, -0.2) is 4.98 Å². The van der Waals surface area contributed by atoms with E-state index in [9.17, 15) is 0 Å². The first-order valence-electron chi connectivity index (χ1n) is 4.58. The van der Waals surface area contributed by atoms with Gasteiger partial charge in [0.25, 0.3) is 0 Å². The average Bonchev–Trinajstić information content (AvgIpc) is 3.01. The van der Waals surface area contributed by atoms with Crippen molar-refractivity contribution in [3.63, 3.8) is 0 Å². The lowest BCUT2D eigenvalue weighted by molar-refractivity contribution is 0.302. The Bertz CT molecular complexity index is 379. The van der Waals surface area contributed by atoms with Gasteiger partial charge in [-0.15, -0.1) is 0 Å². The average molecular weight is 189 g/mol. The van der Waals surface area contributed by atoms with Crippen LogP contribution >= 0.6 is 0 Å². The number of aromatic nitrogens is 1. The molecule has 1 aromatic rings. The first kappa shape index (κ1) is 8.82. The maximum absolute atomic E-state index is 8.82. The van der Waals surface area contributed by atoms with Gasteiger partial charge in [-0.1, -0.05) is 0 Å². The molecule has 4 nitrogen and oxygen atoms in total. The summed E-state index contributed by atoms with van der Waals surface area (Å²) in [6, 6.07) is 3.83. The molecule has 0 bridgehead atoms. The molecule has 0 amide bonds. The molecule has 1 aromatic heterocycles. The van der Waals surface area contributed by atoms with E-state index in [-0.39, 0.29) is 0 Å². The number of hydrogen-bond donors (Lipinski definition) is 1. The Morgan fingerprint density at radius 3 is 3.00 bits per heavy atom. The molecule has 72 valence electrons. The van der Waals surface area contributed by atoms with E-state index < -0.39 is 0 Å². The van der Waals surface area contributed by atoms with Crippen LogP contribution in [0.15, 0.2) is 12.3 Å². The molecular formula is C10H11N3O. The normalized spacial score (nSPS) is 14.6. The molecule has 0 saturated heterocycles. The Labute approximate surface area is 82.5 Å². The molecule has 1 aliphatic rings. The van der Waals surface area contributed by atoms with E-state index in [0.717, 1.165) is 18.7 Å². The third kappa shape index (κ3) is 1.77. The topological polar surface area (TPSA) is 57.9 Å². The summed E-state index contributed by atoms with van der Waals surface area (Å²) in [5, 5.41) is 11.7. The second-order valence-electron chi connectivity index (χ2n) is 3.24. The van der Waals surface area contributed by atoms with E-state index in [1.54, 1.807) is 13.1 Å². The molecule has 2 rings (SSSR count). The van der Waals surface area contributed by atoms with Gasteiger partial charge in [0.15, 0.2) is 0 Å². The highest BCUT2D eigenvalue weighted by atomic mass is 16.5. The van der Waals surface area contributed by atoms with Crippen molar-refractivity contribution in [2.24, 2.45) is 0 Å². The van der Waals surface area contributed by atoms with Gasteiger partial charge in [0.05, 0.1) is 12.3 Å². The lowest BCUT2D eigenvalue weighted by atomic mass is 10.3. The van der Waals surface area contributed by atoms with Gasteiger partial charge in [0.1, 0.15) is 23.2 Å². The standard InChI is InChI=1S/C10H11N3O/c1-12-10-4-9(14-8-2-3-8)7(5-11)6-13-10/h4,6,8H,2-3H2,1H3,(H,12,13). The predicted molar refractivity (Wildman–Crippen MR) is 52.1 cm³/mol. The highest BCUT2D eigenvalue weighted by molar-refractivity contribution is 5.49. The summed E-state index contributed by atoms with van der Waals surface area (Å²) in [4.78, 5) is 4.04. The van der Waals surface area contributed by atoms with E-state index >= 15 is 0 Å². The third-order valence-corrected chi connectivity index (χ3v) is 2.06. The summed E-state index contributed by atoms with van der Waals surface area (Å²) in [5.74, 6) is 1.36. The Kier molecular flexibility index (Phi) is 2.23.